The summed E-state index contributed by atoms with van der Waals surface area (Å²) >= 11 is 2.85. The minimum absolute atomic E-state index is 0.0560. The number of esters is 1. The number of hydrogen-bond donors (Lipinski definition) is 3. The average Bonchev–Trinajstić information content (AvgIpc) is 3.37. The van der Waals surface area contributed by atoms with Gasteiger partial charge in [-0.05, 0) is 25.3 Å². The van der Waals surface area contributed by atoms with Crippen LogP contribution in [0.3, 0.4) is 0 Å². The summed E-state index contributed by atoms with van der Waals surface area (Å²) in [5, 5.41) is 17.9. The molecule has 0 saturated carbocycles. The molecule has 3 atom stereocenters. The van der Waals surface area contributed by atoms with Crippen molar-refractivity contribution in [2.45, 2.75) is 57.8 Å². The smallest absolute Gasteiger partial charge is 0.329 e. The number of thiazole rings is 1. The van der Waals surface area contributed by atoms with Crippen LogP contribution in [0.4, 0.5) is 0 Å². The number of carbonyl (C=O) groups excluding carboxylic acids is 3. The molecule has 0 spiro atoms. The van der Waals surface area contributed by atoms with Crippen molar-refractivity contribution < 1.29 is 24.2 Å². The topological polar surface area (TPSA) is 130 Å². The molecule has 32 heavy (non-hydrogen) atoms. The van der Waals surface area contributed by atoms with Gasteiger partial charge in [-0.3, -0.25) is 14.6 Å². The summed E-state index contributed by atoms with van der Waals surface area (Å²) in [5.41, 5.74) is -0.347. The fourth-order valence-electron chi connectivity index (χ4n) is 3.15. The number of nitrogens with zero attached hydrogens (tertiary/aromatic N) is 2. The van der Waals surface area contributed by atoms with Crippen LogP contribution in [0.1, 0.15) is 44.3 Å². The third-order valence-corrected chi connectivity index (χ3v) is 7.17. The van der Waals surface area contributed by atoms with Crippen LogP contribution in [0, 0.1) is 5.92 Å². The molecular weight excluding hydrogens is 452 g/mol. The van der Waals surface area contributed by atoms with Gasteiger partial charge in [-0.25, -0.2) is 9.78 Å². The maximum Gasteiger partial charge on any atom is 0.329 e. The third kappa shape index (κ3) is 5.96. The Morgan fingerprint density at radius 1 is 1.38 bits per heavy atom. The largest absolute Gasteiger partial charge is 0.456 e. The molecule has 0 radical (unpaired) electrons. The zero-order valence-corrected chi connectivity index (χ0v) is 19.9. The molecule has 1 unspecified atom stereocenters. The lowest BCUT2D eigenvalue weighted by atomic mass is 10.0. The first kappa shape index (κ1) is 24.4. The highest BCUT2D eigenvalue weighted by molar-refractivity contribution is 8.14. The number of hydrogen-bond acceptors (Lipinski definition) is 9. The summed E-state index contributed by atoms with van der Waals surface area (Å²) in [6, 6.07) is -0.890. The molecule has 0 saturated heterocycles. The molecule has 9 nitrogen and oxygen atoms in total. The highest BCUT2D eigenvalue weighted by Crippen LogP contribution is 2.32. The van der Waals surface area contributed by atoms with Gasteiger partial charge in [0.25, 0.3) is 0 Å². The van der Waals surface area contributed by atoms with Gasteiger partial charge >= 0.3 is 5.97 Å². The van der Waals surface area contributed by atoms with Crippen LogP contribution >= 0.6 is 23.1 Å². The Morgan fingerprint density at radius 3 is 2.88 bits per heavy atom. The van der Waals surface area contributed by atoms with E-state index < -0.39 is 23.7 Å². The number of rotatable bonds is 4. The SMILES string of the molecule is CC(C)[C@@H]1NC(=O)[C@]2(C)CSC(=N2)c2csc(n2)CNC(=O)CC(/C=C/CCO)OC1=O. The van der Waals surface area contributed by atoms with Gasteiger partial charge in [0.1, 0.15) is 33.4 Å². The first-order valence-electron chi connectivity index (χ1n) is 10.4. The zero-order valence-electron chi connectivity index (χ0n) is 18.3. The van der Waals surface area contributed by atoms with Crippen molar-refractivity contribution >= 4 is 45.9 Å². The molecule has 0 aliphatic carbocycles. The Kier molecular flexibility index (Phi) is 8.07. The maximum absolute atomic E-state index is 13.1. The number of aliphatic hydroxyl groups is 1. The Balaban J connectivity index is 1.92. The van der Waals surface area contributed by atoms with Gasteiger partial charge in [0.2, 0.25) is 11.8 Å². The van der Waals surface area contributed by atoms with Gasteiger partial charge < -0.3 is 20.5 Å². The molecule has 0 fully saturated rings. The zero-order chi connectivity index (χ0) is 23.3. The minimum Gasteiger partial charge on any atom is -0.456 e. The molecule has 11 heteroatoms. The minimum atomic E-state index is -1.02. The first-order valence-corrected chi connectivity index (χ1v) is 12.3. The van der Waals surface area contributed by atoms with Gasteiger partial charge in [-0.1, -0.05) is 19.9 Å². The predicted octanol–water partition coefficient (Wildman–Crippen LogP) is 1.41. The lowest BCUT2D eigenvalue weighted by Gasteiger charge is -2.27. The van der Waals surface area contributed by atoms with Crippen molar-refractivity contribution in [3.63, 3.8) is 0 Å². The Morgan fingerprint density at radius 2 is 2.16 bits per heavy atom. The molecule has 2 aliphatic rings. The van der Waals surface area contributed by atoms with Crippen LogP contribution in [0.15, 0.2) is 22.5 Å². The highest BCUT2D eigenvalue weighted by Gasteiger charge is 2.41. The fourth-order valence-corrected chi connectivity index (χ4v) is 5.08. The molecule has 2 aliphatic heterocycles. The summed E-state index contributed by atoms with van der Waals surface area (Å²) in [5.74, 6) is -1.07. The summed E-state index contributed by atoms with van der Waals surface area (Å²) in [7, 11) is 0. The number of cyclic esters (lactones) is 1. The van der Waals surface area contributed by atoms with Crippen molar-refractivity contribution in [1.29, 1.82) is 0 Å². The van der Waals surface area contributed by atoms with E-state index in [1.165, 1.54) is 23.1 Å². The molecule has 1 aromatic heterocycles. The number of aromatic nitrogens is 1. The molecule has 2 amide bonds. The quantitative estimate of drug-likeness (QED) is 0.439. The first-order chi connectivity index (χ1) is 15.2. The summed E-state index contributed by atoms with van der Waals surface area (Å²) in [4.78, 5) is 47.7. The monoisotopic (exact) mass is 480 g/mol. The second kappa shape index (κ2) is 10.6. The number of aliphatic hydroxyl groups excluding tert-OH is 1. The Labute approximate surface area is 195 Å². The van der Waals surface area contributed by atoms with Gasteiger partial charge in [0, 0.05) is 17.7 Å². The molecule has 0 aromatic carbocycles. The number of amides is 2. The third-order valence-electron chi connectivity index (χ3n) is 5.04. The second-order valence-corrected chi connectivity index (χ2v) is 10.1. The fraction of sp³-hybridized carbons (Fsp3) is 0.571. The Hall–Kier alpha value is -2.24. The van der Waals surface area contributed by atoms with Crippen LogP contribution in [0.25, 0.3) is 0 Å². The second-order valence-electron chi connectivity index (χ2n) is 8.20. The lowest BCUT2D eigenvalue weighted by molar-refractivity contribution is -0.153. The van der Waals surface area contributed by atoms with Crippen molar-refractivity contribution in [1.82, 2.24) is 15.6 Å². The van der Waals surface area contributed by atoms with Crippen LogP contribution in [-0.2, 0) is 25.7 Å². The van der Waals surface area contributed by atoms with E-state index in [9.17, 15) is 14.4 Å². The van der Waals surface area contributed by atoms with E-state index in [-0.39, 0.29) is 37.3 Å². The van der Waals surface area contributed by atoms with Crippen LogP contribution in [0.2, 0.25) is 0 Å². The number of thioether (sulfide) groups is 1. The Bertz CT molecular complexity index is 929. The van der Waals surface area contributed by atoms with Gasteiger partial charge in [0.15, 0.2) is 0 Å². The number of fused-ring (bicyclic) bond motifs is 4. The number of ether oxygens (including phenoxy) is 1. The summed E-state index contributed by atoms with van der Waals surface area (Å²) in [6.45, 7) is 5.55. The van der Waals surface area contributed by atoms with Crippen LogP contribution in [-0.4, -0.2) is 63.0 Å². The van der Waals surface area contributed by atoms with E-state index in [2.05, 4.69) is 20.6 Å². The predicted molar refractivity (Wildman–Crippen MR) is 123 cm³/mol. The maximum atomic E-state index is 13.1. The highest BCUT2D eigenvalue weighted by atomic mass is 32.2. The molecule has 3 rings (SSSR count). The standard InChI is InChI=1S/C21H28N4O5S2/c1-12(2)17-19(28)30-13(6-4-5-7-26)8-15(27)22-9-16-23-14(10-31-16)18-25-21(3,11-32-18)20(29)24-17/h4,6,10,12-13,17,26H,5,7-9,11H2,1-3H3,(H,22,27)(H,24,29)/b6-4+/t13?,17-,21-/m0/s1. The van der Waals surface area contributed by atoms with E-state index in [0.717, 1.165) is 0 Å². The molecule has 1 aromatic rings. The number of aliphatic imine (C=N–C) groups is 1. The van der Waals surface area contributed by atoms with Gasteiger partial charge in [-0.15, -0.1) is 23.1 Å². The molecule has 3 heterocycles. The normalized spacial score (nSPS) is 27.3. The van der Waals surface area contributed by atoms with Gasteiger partial charge in [-0.2, -0.15) is 0 Å². The van der Waals surface area contributed by atoms with Crippen molar-refractivity contribution in [3.8, 4) is 0 Å². The lowest BCUT2D eigenvalue weighted by Crippen LogP contribution is -2.53. The van der Waals surface area contributed by atoms with Crippen molar-refractivity contribution in [2.75, 3.05) is 12.4 Å². The van der Waals surface area contributed by atoms with Crippen LogP contribution < -0.4 is 10.6 Å². The van der Waals surface area contributed by atoms with Crippen molar-refractivity contribution in [2.24, 2.45) is 10.9 Å². The molecule has 3 N–H and O–H groups in total. The summed E-state index contributed by atoms with van der Waals surface area (Å²) in [6.07, 6.45) is 2.72. The van der Waals surface area contributed by atoms with E-state index in [1.807, 2.05) is 19.2 Å². The van der Waals surface area contributed by atoms with E-state index in [1.54, 1.807) is 19.1 Å². The summed E-state index contributed by atoms with van der Waals surface area (Å²) < 4.78 is 5.59. The van der Waals surface area contributed by atoms with Crippen molar-refractivity contribution in [3.05, 3.63) is 28.2 Å². The van der Waals surface area contributed by atoms with E-state index >= 15 is 0 Å². The van der Waals surface area contributed by atoms with E-state index in [4.69, 9.17) is 9.84 Å². The molecule has 174 valence electrons. The van der Waals surface area contributed by atoms with Crippen LogP contribution in [0.5, 0.6) is 0 Å². The number of nitrogens with one attached hydrogen (secondary N) is 2. The van der Waals surface area contributed by atoms with Gasteiger partial charge in [0.05, 0.1) is 13.0 Å². The average molecular weight is 481 g/mol. The molecule has 4 bridgehead atoms. The molecular formula is C21H28N4O5S2. The van der Waals surface area contributed by atoms with E-state index in [0.29, 0.717) is 27.9 Å². The number of carbonyl (C=O) groups is 3.